The first-order chi connectivity index (χ1) is 6.15. The third-order valence-electron chi connectivity index (χ3n) is 1.63. The summed E-state index contributed by atoms with van der Waals surface area (Å²) in [7, 11) is 1.23. The number of methoxy groups -OCH3 is 1. The number of hydrogen-bond acceptors (Lipinski definition) is 2. The zero-order valence-electron chi connectivity index (χ0n) is 7.43. The highest BCUT2D eigenvalue weighted by Gasteiger charge is 2.08. The van der Waals surface area contributed by atoms with Crippen LogP contribution in [0.15, 0.2) is 18.2 Å². The number of para-hydroxylation sites is 1. The molecule has 0 aliphatic carbocycles. The molecule has 0 aliphatic heterocycles. The number of benzene rings is 1. The number of amides is 1. The SMILES string of the molecule is COC(=O)Nc1c(C)cccc1F. The Hall–Kier alpha value is -1.58. The molecule has 0 saturated heterocycles. The van der Waals surface area contributed by atoms with Crippen LogP contribution in [0.5, 0.6) is 0 Å². The maximum atomic E-state index is 13.1. The Morgan fingerprint density at radius 3 is 2.77 bits per heavy atom. The van der Waals surface area contributed by atoms with E-state index < -0.39 is 11.9 Å². The second-order valence-electron chi connectivity index (χ2n) is 2.55. The van der Waals surface area contributed by atoms with Crippen molar-refractivity contribution in [2.75, 3.05) is 12.4 Å². The molecule has 0 aromatic heterocycles. The first-order valence-electron chi connectivity index (χ1n) is 3.75. The van der Waals surface area contributed by atoms with Crippen molar-refractivity contribution in [3.05, 3.63) is 29.6 Å². The second-order valence-corrected chi connectivity index (χ2v) is 2.55. The average Bonchev–Trinajstić information content (AvgIpc) is 2.11. The van der Waals surface area contributed by atoms with Crippen molar-refractivity contribution >= 4 is 11.8 Å². The van der Waals surface area contributed by atoms with Crippen LogP contribution < -0.4 is 5.32 Å². The molecule has 0 saturated carbocycles. The van der Waals surface area contributed by atoms with Crippen LogP contribution >= 0.6 is 0 Å². The van der Waals surface area contributed by atoms with E-state index in [1.165, 1.54) is 13.2 Å². The van der Waals surface area contributed by atoms with E-state index in [4.69, 9.17) is 0 Å². The van der Waals surface area contributed by atoms with Gasteiger partial charge in [0.25, 0.3) is 0 Å². The number of aryl methyl sites for hydroxylation is 1. The van der Waals surface area contributed by atoms with Gasteiger partial charge in [-0.1, -0.05) is 12.1 Å². The summed E-state index contributed by atoms with van der Waals surface area (Å²) in [4.78, 5) is 10.8. The number of carbonyl (C=O) groups is 1. The molecule has 13 heavy (non-hydrogen) atoms. The summed E-state index contributed by atoms with van der Waals surface area (Å²) in [6, 6.07) is 4.56. The summed E-state index contributed by atoms with van der Waals surface area (Å²) in [6.45, 7) is 1.70. The highest BCUT2D eigenvalue weighted by Crippen LogP contribution is 2.18. The average molecular weight is 183 g/mol. The molecule has 0 radical (unpaired) electrons. The topological polar surface area (TPSA) is 38.3 Å². The lowest BCUT2D eigenvalue weighted by Crippen LogP contribution is -2.13. The molecule has 70 valence electrons. The summed E-state index contributed by atoms with van der Waals surface area (Å²) in [5.41, 5.74) is 0.819. The van der Waals surface area contributed by atoms with Gasteiger partial charge >= 0.3 is 6.09 Å². The van der Waals surface area contributed by atoms with Crippen LogP contribution in [0.4, 0.5) is 14.9 Å². The van der Waals surface area contributed by atoms with Crippen LogP contribution in [-0.4, -0.2) is 13.2 Å². The molecule has 1 amide bonds. The third-order valence-corrected chi connectivity index (χ3v) is 1.63. The molecule has 4 heteroatoms. The van der Waals surface area contributed by atoms with Crippen LogP contribution in [-0.2, 0) is 4.74 Å². The normalized spacial score (nSPS) is 9.46. The molecule has 0 fully saturated rings. The highest BCUT2D eigenvalue weighted by atomic mass is 19.1. The molecule has 1 aromatic carbocycles. The number of ether oxygens (including phenoxy) is 1. The van der Waals surface area contributed by atoms with Crippen molar-refractivity contribution in [2.24, 2.45) is 0 Å². The Morgan fingerprint density at radius 1 is 1.54 bits per heavy atom. The predicted molar refractivity (Wildman–Crippen MR) is 47.2 cm³/mol. The summed E-state index contributed by atoms with van der Waals surface area (Å²) >= 11 is 0. The van der Waals surface area contributed by atoms with E-state index in [0.29, 0.717) is 5.56 Å². The van der Waals surface area contributed by atoms with Crippen LogP contribution in [0.2, 0.25) is 0 Å². The van der Waals surface area contributed by atoms with Crippen molar-refractivity contribution in [1.82, 2.24) is 0 Å². The Morgan fingerprint density at radius 2 is 2.23 bits per heavy atom. The first-order valence-corrected chi connectivity index (χ1v) is 3.75. The van der Waals surface area contributed by atoms with Gasteiger partial charge in [0, 0.05) is 0 Å². The number of hydrogen-bond donors (Lipinski definition) is 1. The smallest absolute Gasteiger partial charge is 0.411 e. The third kappa shape index (κ3) is 2.18. The van der Waals surface area contributed by atoms with Gasteiger partial charge in [-0.2, -0.15) is 0 Å². The van der Waals surface area contributed by atoms with Gasteiger partial charge in [0.05, 0.1) is 12.8 Å². The second kappa shape index (κ2) is 3.89. The zero-order chi connectivity index (χ0) is 9.84. The fraction of sp³-hybridized carbons (Fsp3) is 0.222. The van der Waals surface area contributed by atoms with E-state index in [0.717, 1.165) is 0 Å². The molecular formula is C9H10FNO2. The van der Waals surface area contributed by atoms with Gasteiger partial charge in [-0.3, -0.25) is 5.32 Å². The number of halogens is 1. The van der Waals surface area contributed by atoms with Gasteiger partial charge in [-0.15, -0.1) is 0 Å². The molecule has 1 N–H and O–H groups in total. The van der Waals surface area contributed by atoms with E-state index in [2.05, 4.69) is 10.1 Å². The molecule has 0 bridgehead atoms. The lowest BCUT2D eigenvalue weighted by atomic mass is 10.2. The van der Waals surface area contributed by atoms with Crippen molar-refractivity contribution < 1.29 is 13.9 Å². The monoisotopic (exact) mass is 183 g/mol. The highest BCUT2D eigenvalue weighted by molar-refractivity contribution is 5.85. The Labute approximate surface area is 75.5 Å². The molecule has 0 unspecified atom stereocenters. The number of carbonyl (C=O) groups excluding carboxylic acids is 1. The van der Waals surface area contributed by atoms with Gasteiger partial charge in [-0.05, 0) is 18.6 Å². The minimum Gasteiger partial charge on any atom is -0.453 e. The Bertz CT molecular complexity index is 305. The minimum atomic E-state index is -0.673. The predicted octanol–water partition coefficient (Wildman–Crippen LogP) is 2.31. The standard InChI is InChI=1S/C9H10FNO2/c1-6-4-3-5-7(10)8(6)11-9(12)13-2/h3-5H,1-2H3,(H,11,12). The van der Waals surface area contributed by atoms with E-state index in [9.17, 15) is 9.18 Å². The fourth-order valence-corrected chi connectivity index (χ4v) is 0.943. The first kappa shape index (κ1) is 9.51. The van der Waals surface area contributed by atoms with Crippen LogP contribution in [0.25, 0.3) is 0 Å². The van der Waals surface area contributed by atoms with Gasteiger partial charge in [0.1, 0.15) is 5.82 Å². The molecule has 0 heterocycles. The molecule has 0 aliphatic rings. The van der Waals surface area contributed by atoms with Crippen molar-refractivity contribution in [1.29, 1.82) is 0 Å². The maximum absolute atomic E-state index is 13.1. The van der Waals surface area contributed by atoms with Gasteiger partial charge in [-0.25, -0.2) is 9.18 Å². The van der Waals surface area contributed by atoms with E-state index in [1.54, 1.807) is 19.1 Å². The molecule has 1 aromatic rings. The van der Waals surface area contributed by atoms with Crippen LogP contribution in [0.3, 0.4) is 0 Å². The van der Waals surface area contributed by atoms with E-state index in [1.807, 2.05) is 0 Å². The summed E-state index contributed by atoms with van der Waals surface area (Å²) in [5.74, 6) is -0.467. The summed E-state index contributed by atoms with van der Waals surface area (Å²) < 4.78 is 17.4. The maximum Gasteiger partial charge on any atom is 0.411 e. The van der Waals surface area contributed by atoms with Crippen molar-refractivity contribution in [3.63, 3.8) is 0 Å². The minimum absolute atomic E-state index is 0.161. The molecule has 3 nitrogen and oxygen atoms in total. The van der Waals surface area contributed by atoms with Gasteiger partial charge < -0.3 is 4.74 Å². The number of nitrogens with one attached hydrogen (secondary N) is 1. The van der Waals surface area contributed by atoms with E-state index >= 15 is 0 Å². The zero-order valence-corrected chi connectivity index (χ0v) is 7.43. The van der Waals surface area contributed by atoms with Crippen molar-refractivity contribution in [3.8, 4) is 0 Å². The lowest BCUT2D eigenvalue weighted by molar-refractivity contribution is 0.186. The number of anilines is 1. The fourth-order valence-electron chi connectivity index (χ4n) is 0.943. The van der Waals surface area contributed by atoms with Crippen LogP contribution in [0.1, 0.15) is 5.56 Å². The summed E-state index contributed by atoms with van der Waals surface area (Å²) in [5, 5.41) is 2.29. The Kier molecular flexibility index (Phi) is 2.84. The molecule has 0 spiro atoms. The molecule has 1 rings (SSSR count). The Balaban J connectivity index is 2.93. The molecule has 0 atom stereocenters. The number of rotatable bonds is 1. The van der Waals surface area contributed by atoms with E-state index in [-0.39, 0.29) is 5.69 Å². The quantitative estimate of drug-likeness (QED) is 0.725. The van der Waals surface area contributed by atoms with Crippen LogP contribution in [0, 0.1) is 12.7 Å². The van der Waals surface area contributed by atoms with Crippen molar-refractivity contribution in [2.45, 2.75) is 6.92 Å². The van der Waals surface area contributed by atoms with Gasteiger partial charge in [0.15, 0.2) is 0 Å². The van der Waals surface area contributed by atoms with Gasteiger partial charge in [0.2, 0.25) is 0 Å². The lowest BCUT2D eigenvalue weighted by Gasteiger charge is -2.07. The molecular weight excluding hydrogens is 173 g/mol. The summed E-state index contributed by atoms with van der Waals surface area (Å²) in [6.07, 6.45) is -0.673. The largest absolute Gasteiger partial charge is 0.453 e.